The van der Waals surface area contributed by atoms with Gasteiger partial charge in [-0.2, -0.15) is 10.2 Å². The van der Waals surface area contributed by atoms with Crippen molar-refractivity contribution in [3.05, 3.63) is 129 Å². The summed E-state index contributed by atoms with van der Waals surface area (Å²) >= 11 is 27.1. The fourth-order valence-electron chi connectivity index (χ4n) is 6.70. The summed E-state index contributed by atoms with van der Waals surface area (Å²) in [5.74, 6) is -1.21. The van der Waals surface area contributed by atoms with E-state index in [2.05, 4.69) is 20.2 Å². The highest BCUT2D eigenvalue weighted by Crippen LogP contribution is 2.46. The lowest BCUT2D eigenvalue weighted by Gasteiger charge is -2.29. The molecule has 4 atom stereocenters. The van der Waals surface area contributed by atoms with Crippen LogP contribution in [-0.4, -0.2) is 55.0 Å². The minimum absolute atomic E-state index is 0.143. The van der Waals surface area contributed by atoms with Crippen molar-refractivity contribution in [2.24, 2.45) is 0 Å². The summed E-state index contributed by atoms with van der Waals surface area (Å²) < 4.78 is 35.1. The molecule has 0 aliphatic carbocycles. The van der Waals surface area contributed by atoms with E-state index in [1.165, 1.54) is 12.7 Å². The summed E-state index contributed by atoms with van der Waals surface area (Å²) in [6.07, 6.45) is 5.86. The Morgan fingerprint density at radius 1 is 0.642 bits per heavy atom. The minimum atomic E-state index is -1.14. The van der Waals surface area contributed by atoms with E-state index in [4.69, 9.17) is 70.1 Å². The van der Waals surface area contributed by atoms with Crippen LogP contribution in [0.15, 0.2) is 98.1 Å². The summed E-state index contributed by atoms with van der Waals surface area (Å²) in [7, 11) is 0. The number of nitrogens with zero attached hydrogens (tertiary/aromatic N) is 6. The average molecular weight is 795 g/mol. The number of rotatable bonds is 10. The van der Waals surface area contributed by atoms with Crippen LogP contribution in [0.5, 0.6) is 11.5 Å². The van der Waals surface area contributed by atoms with Gasteiger partial charge in [-0.15, -0.1) is 0 Å². The molecule has 15 heteroatoms. The maximum absolute atomic E-state index is 7.01. The van der Waals surface area contributed by atoms with Crippen molar-refractivity contribution in [2.45, 2.75) is 50.7 Å². The number of benzene rings is 4. The molecule has 2 fully saturated rings. The van der Waals surface area contributed by atoms with Crippen LogP contribution < -0.4 is 4.74 Å². The molecule has 0 bridgehead atoms. The van der Waals surface area contributed by atoms with Gasteiger partial charge in [0.05, 0.1) is 25.4 Å². The number of halogens is 4. The maximum Gasteiger partial charge on any atom is 0.217 e. The molecule has 4 unspecified atom stereocenters. The van der Waals surface area contributed by atoms with E-state index < -0.39 is 11.6 Å². The van der Waals surface area contributed by atoms with Crippen LogP contribution in [-0.2, 0) is 43.6 Å². The van der Waals surface area contributed by atoms with Gasteiger partial charge in [-0.3, -0.25) is 0 Å². The van der Waals surface area contributed by atoms with Crippen molar-refractivity contribution in [2.75, 3.05) is 13.2 Å². The smallest absolute Gasteiger partial charge is 0.217 e. The van der Waals surface area contributed by atoms with E-state index in [1.807, 2.05) is 74.5 Å². The highest BCUT2D eigenvalue weighted by atomic mass is 35.5. The van der Waals surface area contributed by atoms with Crippen LogP contribution >= 0.6 is 46.4 Å². The maximum atomic E-state index is 7.01. The molecule has 2 aliphatic heterocycles. The lowest BCUT2D eigenvalue weighted by Crippen LogP contribution is -2.34. The van der Waals surface area contributed by atoms with Crippen molar-refractivity contribution < 1.29 is 23.7 Å². The van der Waals surface area contributed by atoms with Crippen LogP contribution in [0.25, 0.3) is 22.3 Å². The van der Waals surface area contributed by atoms with Gasteiger partial charge in [-0.05, 0) is 73.5 Å². The molecule has 0 saturated carbocycles. The fraction of sp³-hybridized carbons (Fsp3) is 0.263. The van der Waals surface area contributed by atoms with E-state index in [0.29, 0.717) is 67.1 Å². The van der Waals surface area contributed by atoms with Crippen LogP contribution in [0.2, 0.25) is 20.1 Å². The Morgan fingerprint density at radius 2 is 1.09 bits per heavy atom. The third-order valence-electron chi connectivity index (χ3n) is 9.04. The zero-order valence-corrected chi connectivity index (χ0v) is 31.5. The molecule has 4 aromatic carbocycles. The molecule has 2 saturated heterocycles. The zero-order valence-electron chi connectivity index (χ0n) is 28.5. The van der Waals surface area contributed by atoms with Gasteiger partial charge in [-0.1, -0.05) is 70.7 Å². The molecule has 0 radical (unpaired) electrons. The van der Waals surface area contributed by atoms with E-state index >= 15 is 0 Å². The first-order valence-electron chi connectivity index (χ1n) is 16.8. The van der Waals surface area contributed by atoms with Crippen LogP contribution in [0, 0.1) is 0 Å². The second-order valence-electron chi connectivity index (χ2n) is 12.9. The molecule has 4 heterocycles. The Kier molecular flexibility index (Phi) is 9.94. The normalized spacial score (nSPS) is 22.8. The number of aromatic nitrogens is 6. The SMILES string of the molecule is CC1COC(Cn2cncn2)(c2ccc(-c3cc(Cl)ccc3Oc3ccc(Cl)cc3-c3ccc(C4(Cn5cncn5)OCC(C)O4)c(Cl)c3)cc2Cl)O1. The molecule has 8 rings (SSSR count). The summed E-state index contributed by atoms with van der Waals surface area (Å²) in [6.45, 7) is 5.25. The highest BCUT2D eigenvalue weighted by Gasteiger charge is 2.45. The molecular formula is C38H32Cl4N6O5. The largest absolute Gasteiger partial charge is 0.456 e. The molecule has 0 spiro atoms. The Balaban J connectivity index is 1.12. The molecule has 2 aliphatic rings. The Bertz CT molecular complexity index is 2100. The van der Waals surface area contributed by atoms with Crippen molar-refractivity contribution in [1.82, 2.24) is 29.5 Å². The van der Waals surface area contributed by atoms with Gasteiger partial charge in [0, 0.05) is 42.3 Å². The lowest BCUT2D eigenvalue weighted by molar-refractivity contribution is -0.187. The average Bonchev–Trinajstić information content (AvgIpc) is 3.97. The molecule has 0 N–H and O–H groups in total. The van der Waals surface area contributed by atoms with Crippen LogP contribution in [0.4, 0.5) is 0 Å². The van der Waals surface area contributed by atoms with Gasteiger partial charge < -0.3 is 23.7 Å². The van der Waals surface area contributed by atoms with Gasteiger partial charge in [0.1, 0.15) is 49.9 Å². The standard InChI is InChI=1S/C38H32Cl4N6O5/c1-23-15-49-37(52-23,17-47-21-43-19-45-47)31-7-3-25(11-33(31)41)29-13-27(39)5-9-35(29)51-36-10-6-28(40)14-30(36)26-4-8-32(34(42)12-26)38(50-16-24(2)53-38)18-48-22-44-20-46-48/h3-14,19-24H,15-18H2,1-2H3. The quantitative estimate of drug-likeness (QED) is 0.134. The first-order valence-corrected chi connectivity index (χ1v) is 18.3. The fourth-order valence-corrected chi connectivity index (χ4v) is 7.69. The van der Waals surface area contributed by atoms with E-state index in [1.54, 1.807) is 34.2 Å². The third-order valence-corrected chi connectivity index (χ3v) is 10.1. The highest BCUT2D eigenvalue weighted by molar-refractivity contribution is 6.33. The van der Waals surface area contributed by atoms with Crippen molar-refractivity contribution in [1.29, 1.82) is 0 Å². The minimum Gasteiger partial charge on any atom is -0.456 e. The monoisotopic (exact) mass is 792 g/mol. The number of ether oxygens (including phenoxy) is 5. The number of hydrogen-bond donors (Lipinski definition) is 0. The summed E-state index contributed by atoms with van der Waals surface area (Å²) in [5.41, 5.74) is 4.30. The Labute approximate surface area is 325 Å². The van der Waals surface area contributed by atoms with Gasteiger partial charge in [-0.25, -0.2) is 19.3 Å². The van der Waals surface area contributed by atoms with Crippen molar-refractivity contribution >= 4 is 46.4 Å². The van der Waals surface area contributed by atoms with Gasteiger partial charge in [0.15, 0.2) is 0 Å². The van der Waals surface area contributed by atoms with Crippen molar-refractivity contribution in [3.63, 3.8) is 0 Å². The van der Waals surface area contributed by atoms with Gasteiger partial charge in [0.25, 0.3) is 0 Å². The van der Waals surface area contributed by atoms with Gasteiger partial charge >= 0.3 is 0 Å². The number of hydrogen-bond acceptors (Lipinski definition) is 9. The first kappa shape index (κ1) is 36.0. The third kappa shape index (κ3) is 7.28. The second kappa shape index (κ2) is 14.7. The van der Waals surface area contributed by atoms with E-state index in [9.17, 15) is 0 Å². The Hall–Kier alpha value is -4.04. The lowest BCUT2D eigenvalue weighted by atomic mass is 9.98. The molecule has 6 aromatic rings. The predicted molar refractivity (Wildman–Crippen MR) is 200 cm³/mol. The molecule has 2 aromatic heterocycles. The molecule has 0 amide bonds. The summed E-state index contributed by atoms with van der Waals surface area (Å²) in [4.78, 5) is 8.12. The van der Waals surface area contributed by atoms with Crippen LogP contribution in [0.3, 0.4) is 0 Å². The molecule has 11 nitrogen and oxygen atoms in total. The first-order chi connectivity index (χ1) is 25.6. The second-order valence-corrected chi connectivity index (χ2v) is 14.6. The predicted octanol–water partition coefficient (Wildman–Crippen LogP) is 9.19. The van der Waals surface area contributed by atoms with Crippen molar-refractivity contribution in [3.8, 4) is 33.8 Å². The Morgan fingerprint density at radius 3 is 1.45 bits per heavy atom. The topological polar surface area (TPSA) is 108 Å². The zero-order chi connectivity index (χ0) is 36.7. The molecule has 272 valence electrons. The summed E-state index contributed by atoms with van der Waals surface area (Å²) in [6, 6.07) is 22.2. The molecule has 53 heavy (non-hydrogen) atoms. The summed E-state index contributed by atoms with van der Waals surface area (Å²) in [5, 5.41) is 10.4. The van der Waals surface area contributed by atoms with Crippen LogP contribution in [0.1, 0.15) is 25.0 Å². The van der Waals surface area contributed by atoms with E-state index in [0.717, 1.165) is 11.1 Å². The van der Waals surface area contributed by atoms with Gasteiger partial charge in [0.2, 0.25) is 11.6 Å². The van der Waals surface area contributed by atoms with E-state index in [-0.39, 0.29) is 25.3 Å². The molecular weight excluding hydrogens is 762 g/mol.